The molecule has 16 heavy (non-hydrogen) atoms. The molecule has 0 saturated heterocycles. The zero-order chi connectivity index (χ0) is 12.3. The quantitative estimate of drug-likeness (QED) is 0.728. The second-order valence-electron chi connectivity index (χ2n) is 3.49. The number of carbonyl (C=O) groups excluding carboxylic acids is 1. The zero-order valence-electron chi connectivity index (χ0n) is 9.50. The average Bonchev–Trinajstić information content (AvgIpc) is 2.58. The Bertz CT molecular complexity index is 411. The van der Waals surface area contributed by atoms with E-state index >= 15 is 0 Å². The number of aryl methyl sites for hydroxylation is 1. The van der Waals surface area contributed by atoms with Gasteiger partial charge in [0.15, 0.2) is 0 Å². The molecular formula is C10H15N3O3. The van der Waals surface area contributed by atoms with Crippen LogP contribution >= 0.6 is 0 Å². The molecule has 1 rings (SSSR count). The van der Waals surface area contributed by atoms with Gasteiger partial charge in [-0.1, -0.05) is 0 Å². The first-order chi connectivity index (χ1) is 7.45. The smallest absolute Gasteiger partial charge is 0.354 e. The van der Waals surface area contributed by atoms with E-state index in [4.69, 9.17) is 5.11 Å². The summed E-state index contributed by atoms with van der Waals surface area (Å²) in [6.45, 7) is 4.11. The summed E-state index contributed by atoms with van der Waals surface area (Å²) in [6, 6.07) is 1.26. The molecule has 88 valence electrons. The van der Waals surface area contributed by atoms with Gasteiger partial charge in [-0.15, -0.1) is 0 Å². The maximum absolute atomic E-state index is 11.5. The average molecular weight is 225 g/mol. The van der Waals surface area contributed by atoms with Crippen LogP contribution in [0.4, 0.5) is 10.5 Å². The van der Waals surface area contributed by atoms with Gasteiger partial charge in [0.25, 0.3) is 0 Å². The summed E-state index contributed by atoms with van der Waals surface area (Å²) < 4.78 is 0. The lowest BCUT2D eigenvalue weighted by molar-refractivity contribution is 0.0692. The number of amides is 2. The van der Waals surface area contributed by atoms with E-state index in [0.29, 0.717) is 12.2 Å². The van der Waals surface area contributed by atoms with E-state index < -0.39 is 5.97 Å². The third-order valence-corrected chi connectivity index (χ3v) is 2.23. The summed E-state index contributed by atoms with van der Waals surface area (Å²) in [7, 11) is 1.63. The summed E-state index contributed by atoms with van der Waals surface area (Å²) in [5.41, 5.74) is 0.970. The molecule has 0 aliphatic heterocycles. The minimum atomic E-state index is -1.09. The third-order valence-electron chi connectivity index (χ3n) is 2.23. The number of H-pyrrole nitrogens is 1. The van der Waals surface area contributed by atoms with Gasteiger partial charge in [-0.2, -0.15) is 0 Å². The molecular weight excluding hydrogens is 210 g/mol. The number of nitrogens with one attached hydrogen (secondary N) is 2. The second kappa shape index (κ2) is 4.69. The first-order valence-electron chi connectivity index (χ1n) is 4.90. The fourth-order valence-corrected chi connectivity index (χ4v) is 1.21. The standard InChI is InChI=1S/C10H15N3O3/c1-4-13(3)10(16)12-7-5-6(2)11-8(7)9(14)15/h5,11H,4H2,1-3H3,(H,12,16)(H,14,15). The van der Waals surface area contributed by atoms with E-state index in [1.165, 1.54) is 4.90 Å². The van der Waals surface area contributed by atoms with Crippen molar-refractivity contribution in [2.24, 2.45) is 0 Å². The van der Waals surface area contributed by atoms with Crippen molar-refractivity contribution in [3.63, 3.8) is 0 Å². The SMILES string of the molecule is CCN(C)C(=O)Nc1cc(C)[nH]c1C(=O)O. The van der Waals surface area contributed by atoms with Crippen molar-refractivity contribution in [2.75, 3.05) is 18.9 Å². The van der Waals surface area contributed by atoms with Crippen molar-refractivity contribution in [2.45, 2.75) is 13.8 Å². The lowest BCUT2D eigenvalue weighted by Gasteiger charge is -2.14. The Balaban J connectivity index is 2.88. The van der Waals surface area contributed by atoms with E-state index in [1.807, 2.05) is 6.92 Å². The van der Waals surface area contributed by atoms with Crippen LogP contribution in [-0.4, -0.2) is 40.6 Å². The number of carboxylic acid groups (broad SMARTS) is 1. The molecule has 0 bridgehead atoms. The molecule has 0 aliphatic carbocycles. The minimum absolute atomic E-state index is 0.00430. The molecule has 1 heterocycles. The van der Waals surface area contributed by atoms with Crippen molar-refractivity contribution in [3.05, 3.63) is 17.5 Å². The van der Waals surface area contributed by atoms with Crippen LogP contribution in [0, 0.1) is 6.92 Å². The van der Waals surface area contributed by atoms with Gasteiger partial charge in [-0.05, 0) is 19.9 Å². The molecule has 6 nitrogen and oxygen atoms in total. The summed E-state index contributed by atoms with van der Waals surface area (Å²) >= 11 is 0. The Labute approximate surface area is 93.3 Å². The Hall–Kier alpha value is -1.98. The Kier molecular flexibility index (Phi) is 3.55. The number of rotatable bonds is 3. The monoisotopic (exact) mass is 225 g/mol. The van der Waals surface area contributed by atoms with E-state index in [1.54, 1.807) is 20.0 Å². The fourth-order valence-electron chi connectivity index (χ4n) is 1.21. The van der Waals surface area contributed by atoms with Gasteiger partial charge in [0.05, 0.1) is 5.69 Å². The highest BCUT2D eigenvalue weighted by Crippen LogP contribution is 2.17. The highest BCUT2D eigenvalue weighted by molar-refractivity contribution is 5.99. The number of hydrogen-bond donors (Lipinski definition) is 3. The van der Waals surface area contributed by atoms with Crippen molar-refractivity contribution in [3.8, 4) is 0 Å². The molecule has 6 heteroatoms. The van der Waals surface area contributed by atoms with Crippen molar-refractivity contribution >= 4 is 17.7 Å². The van der Waals surface area contributed by atoms with Gasteiger partial charge >= 0.3 is 12.0 Å². The molecule has 0 aromatic carbocycles. The Morgan fingerprint density at radius 3 is 2.69 bits per heavy atom. The molecule has 2 amide bonds. The van der Waals surface area contributed by atoms with Crippen LogP contribution in [0.3, 0.4) is 0 Å². The maximum atomic E-state index is 11.5. The fraction of sp³-hybridized carbons (Fsp3) is 0.400. The number of carbonyl (C=O) groups is 2. The van der Waals surface area contributed by atoms with Crippen LogP contribution in [0.25, 0.3) is 0 Å². The molecule has 1 aromatic heterocycles. The van der Waals surface area contributed by atoms with Crippen LogP contribution in [-0.2, 0) is 0 Å². The molecule has 1 aromatic rings. The molecule has 0 atom stereocenters. The van der Waals surface area contributed by atoms with E-state index in [-0.39, 0.29) is 17.4 Å². The second-order valence-corrected chi connectivity index (χ2v) is 3.49. The number of nitrogens with zero attached hydrogens (tertiary/aromatic N) is 1. The maximum Gasteiger partial charge on any atom is 0.354 e. The molecule has 0 unspecified atom stereocenters. The van der Waals surface area contributed by atoms with Gasteiger partial charge in [-0.3, -0.25) is 0 Å². The van der Waals surface area contributed by atoms with Crippen molar-refractivity contribution in [1.82, 2.24) is 9.88 Å². The van der Waals surface area contributed by atoms with Crippen LogP contribution in [0.1, 0.15) is 23.1 Å². The van der Waals surface area contributed by atoms with Crippen LogP contribution in [0.5, 0.6) is 0 Å². The topological polar surface area (TPSA) is 85.4 Å². The first-order valence-corrected chi connectivity index (χ1v) is 4.90. The number of aromatic nitrogens is 1. The third kappa shape index (κ3) is 2.53. The van der Waals surface area contributed by atoms with Crippen LogP contribution in [0.2, 0.25) is 0 Å². The first kappa shape index (κ1) is 12.1. The molecule has 0 spiro atoms. The largest absolute Gasteiger partial charge is 0.477 e. The molecule has 0 saturated carbocycles. The minimum Gasteiger partial charge on any atom is -0.477 e. The van der Waals surface area contributed by atoms with Crippen LogP contribution < -0.4 is 5.32 Å². The number of aromatic amines is 1. The normalized spacial score (nSPS) is 9.94. The zero-order valence-corrected chi connectivity index (χ0v) is 9.50. The highest BCUT2D eigenvalue weighted by atomic mass is 16.4. The lowest BCUT2D eigenvalue weighted by Crippen LogP contribution is -2.31. The number of aromatic carboxylic acids is 1. The lowest BCUT2D eigenvalue weighted by atomic mass is 10.3. The number of anilines is 1. The molecule has 0 radical (unpaired) electrons. The van der Waals surface area contributed by atoms with Crippen molar-refractivity contribution < 1.29 is 14.7 Å². The van der Waals surface area contributed by atoms with Gasteiger partial charge in [0.1, 0.15) is 5.69 Å². The van der Waals surface area contributed by atoms with Gasteiger partial charge in [0.2, 0.25) is 0 Å². The summed E-state index contributed by atoms with van der Waals surface area (Å²) in [6.07, 6.45) is 0. The summed E-state index contributed by atoms with van der Waals surface area (Å²) in [5.74, 6) is -1.09. The van der Waals surface area contributed by atoms with Crippen LogP contribution in [0.15, 0.2) is 6.07 Å². The predicted octanol–water partition coefficient (Wildman–Crippen LogP) is 1.50. The summed E-state index contributed by atoms with van der Waals surface area (Å²) in [4.78, 5) is 26.5. The van der Waals surface area contributed by atoms with Crippen molar-refractivity contribution in [1.29, 1.82) is 0 Å². The van der Waals surface area contributed by atoms with Gasteiger partial charge in [0, 0.05) is 19.3 Å². The van der Waals surface area contributed by atoms with E-state index in [2.05, 4.69) is 10.3 Å². The Morgan fingerprint density at radius 1 is 1.56 bits per heavy atom. The molecule has 3 N–H and O–H groups in total. The number of urea groups is 1. The molecule has 0 aliphatic rings. The molecule has 0 fully saturated rings. The van der Waals surface area contributed by atoms with E-state index in [0.717, 1.165) is 0 Å². The Morgan fingerprint density at radius 2 is 2.19 bits per heavy atom. The highest BCUT2D eigenvalue weighted by Gasteiger charge is 2.16. The van der Waals surface area contributed by atoms with Gasteiger partial charge < -0.3 is 20.3 Å². The summed E-state index contributed by atoms with van der Waals surface area (Å²) in [5, 5.41) is 11.4. The number of hydrogen-bond acceptors (Lipinski definition) is 2. The van der Waals surface area contributed by atoms with Gasteiger partial charge in [-0.25, -0.2) is 9.59 Å². The predicted molar refractivity (Wildman–Crippen MR) is 59.8 cm³/mol. The van der Waals surface area contributed by atoms with E-state index in [9.17, 15) is 9.59 Å². The number of carboxylic acids is 1.